The average molecular weight is 881 g/mol. The van der Waals surface area contributed by atoms with Crippen LogP contribution in [0.1, 0.15) is 128 Å². The van der Waals surface area contributed by atoms with Crippen molar-refractivity contribution >= 4 is 39.3 Å². The Hall–Kier alpha value is -4.18. The molecule has 0 aliphatic carbocycles. The van der Waals surface area contributed by atoms with Crippen LogP contribution in [-0.2, 0) is 38.1 Å². The molecule has 0 radical (unpaired) electrons. The van der Waals surface area contributed by atoms with E-state index < -0.39 is 50.5 Å². The molecule has 5 rings (SSSR count). The quantitative estimate of drug-likeness (QED) is 0.0552. The number of nitriles is 1. The van der Waals surface area contributed by atoms with Crippen LogP contribution in [-0.4, -0.2) is 59.4 Å². The van der Waals surface area contributed by atoms with E-state index in [1.807, 2.05) is 0 Å². The standard InChI is InChI=1S/C45H58N2O12P2/c1-29(2)47(30(3)4)60(54-24-15-22-46)53-23-13-11-12-14-25-55-61(51,52)33-18-19-34-37(28-33)45(59-40(34)48)35-20-16-31(56-41(49)43(5,6)7)26-38(35)58-39-27-32(17-21-36(39)45)57-42(50)44(8,9)10/h16-21,26-30H,11-15,23-25H2,1-10H3,(H,51,52). The minimum absolute atomic E-state index is 0.0103. The summed E-state index contributed by atoms with van der Waals surface area (Å²) in [6.07, 6.45) is 3.06. The summed E-state index contributed by atoms with van der Waals surface area (Å²) in [6, 6.07) is 16.2. The highest BCUT2D eigenvalue weighted by molar-refractivity contribution is 7.61. The van der Waals surface area contributed by atoms with Crippen LogP contribution < -0.4 is 19.5 Å². The van der Waals surface area contributed by atoms with Gasteiger partial charge in [0.15, 0.2) is 5.60 Å². The monoisotopic (exact) mass is 880 g/mol. The fraction of sp³-hybridized carbons (Fsp3) is 0.511. The Labute approximate surface area is 360 Å². The Bertz CT molecular complexity index is 2100. The van der Waals surface area contributed by atoms with Crippen LogP contribution >= 0.6 is 16.1 Å². The molecule has 1 spiro atoms. The molecule has 0 amide bonds. The fourth-order valence-corrected chi connectivity index (χ4v) is 9.48. The molecule has 14 nitrogen and oxygen atoms in total. The summed E-state index contributed by atoms with van der Waals surface area (Å²) in [7, 11) is -5.74. The Morgan fingerprint density at radius 2 is 1.31 bits per heavy atom. The van der Waals surface area contributed by atoms with Crippen LogP contribution in [0.25, 0.3) is 0 Å². The van der Waals surface area contributed by atoms with E-state index in [4.69, 9.17) is 37.8 Å². The minimum Gasteiger partial charge on any atom is -0.456 e. The smallest absolute Gasteiger partial charge is 0.358 e. The summed E-state index contributed by atoms with van der Waals surface area (Å²) in [4.78, 5) is 50.6. The molecule has 3 aromatic rings. The first kappa shape index (κ1) is 47.9. The predicted octanol–water partition coefficient (Wildman–Crippen LogP) is 9.84. The average Bonchev–Trinajstić information content (AvgIpc) is 3.45. The van der Waals surface area contributed by atoms with Gasteiger partial charge < -0.3 is 37.4 Å². The second-order valence-electron chi connectivity index (χ2n) is 17.6. The number of benzene rings is 3. The van der Waals surface area contributed by atoms with Crippen molar-refractivity contribution in [3.63, 3.8) is 0 Å². The van der Waals surface area contributed by atoms with Crippen molar-refractivity contribution < 1.29 is 56.4 Å². The summed E-state index contributed by atoms with van der Waals surface area (Å²) in [5.41, 5.74) is -2.08. The molecular weight excluding hydrogens is 822 g/mol. The van der Waals surface area contributed by atoms with Gasteiger partial charge in [0.2, 0.25) is 0 Å². The van der Waals surface area contributed by atoms with Crippen molar-refractivity contribution in [2.45, 2.75) is 119 Å². The molecule has 0 bridgehead atoms. The zero-order valence-corrected chi connectivity index (χ0v) is 38.5. The van der Waals surface area contributed by atoms with Crippen LogP contribution in [0.4, 0.5) is 0 Å². The van der Waals surface area contributed by atoms with E-state index in [-0.39, 0.29) is 64.5 Å². The second-order valence-corrected chi connectivity index (χ2v) is 20.9. The number of nitrogens with zero attached hydrogens (tertiary/aromatic N) is 2. The van der Waals surface area contributed by atoms with E-state index in [1.165, 1.54) is 30.3 Å². The Kier molecular flexibility index (Phi) is 15.3. The Morgan fingerprint density at radius 3 is 1.82 bits per heavy atom. The van der Waals surface area contributed by atoms with Gasteiger partial charge in [-0.15, -0.1) is 0 Å². The van der Waals surface area contributed by atoms with Gasteiger partial charge in [-0.05, 0) is 125 Å². The van der Waals surface area contributed by atoms with Crippen LogP contribution in [0.5, 0.6) is 23.0 Å². The topological polar surface area (TPSA) is 180 Å². The summed E-state index contributed by atoms with van der Waals surface area (Å²) in [6.45, 7) is 19.5. The highest BCUT2D eigenvalue weighted by Gasteiger charge is 2.54. The summed E-state index contributed by atoms with van der Waals surface area (Å²) >= 11 is 0. The number of esters is 3. The van der Waals surface area contributed by atoms with Crippen LogP contribution in [0.2, 0.25) is 0 Å². The van der Waals surface area contributed by atoms with E-state index in [0.717, 1.165) is 19.3 Å². The lowest BCUT2D eigenvalue weighted by atomic mass is 9.77. The lowest BCUT2D eigenvalue weighted by Gasteiger charge is -2.37. The van der Waals surface area contributed by atoms with Crippen molar-refractivity contribution in [2.24, 2.45) is 10.8 Å². The zero-order valence-electron chi connectivity index (χ0n) is 36.7. The molecule has 2 heterocycles. The molecule has 2 unspecified atom stereocenters. The zero-order chi connectivity index (χ0) is 44.9. The maximum Gasteiger partial charge on any atom is 0.358 e. The SMILES string of the molecule is CC(C)N(C(C)C)P(OCCC#N)OCCCCCCOP(=O)(O)c1ccc2c(c1)C1(OC2=O)c2ccc(OC(=O)C(C)(C)C)cc2Oc2cc(OC(=O)C(C)(C)C)ccc21. The maximum atomic E-state index is 13.8. The molecule has 61 heavy (non-hydrogen) atoms. The molecule has 0 saturated heterocycles. The normalized spacial score (nSPS) is 15.7. The first-order valence-electron chi connectivity index (χ1n) is 20.6. The molecule has 2 atom stereocenters. The van der Waals surface area contributed by atoms with Gasteiger partial charge >= 0.3 is 25.5 Å². The summed E-state index contributed by atoms with van der Waals surface area (Å²) in [5.74, 6) is -0.894. The van der Waals surface area contributed by atoms with Gasteiger partial charge in [0, 0.05) is 40.9 Å². The lowest BCUT2D eigenvalue weighted by Crippen LogP contribution is -2.34. The third-order valence-electron chi connectivity index (χ3n) is 9.87. The van der Waals surface area contributed by atoms with Gasteiger partial charge in [-0.25, -0.2) is 9.46 Å². The van der Waals surface area contributed by atoms with Crippen molar-refractivity contribution in [3.8, 4) is 29.1 Å². The predicted molar refractivity (Wildman–Crippen MR) is 230 cm³/mol. The minimum atomic E-state index is -4.41. The number of ether oxygens (including phenoxy) is 4. The molecule has 1 N–H and O–H groups in total. The number of fused-ring (bicyclic) bond motifs is 6. The van der Waals surface area contributed by atoms with E-state index in [2.05, 4.69) is 38.4 Å². The number of hydrogen-bond donors (Lipinski definition) is 1. The third kappa shape index (κ3) is 11.1. The van der Waals surface area contributed by atoms with Crippen LogP contribution in [0.3, 0.4) is 0 Å². The molecule has 0 fully saturated rings. The largest absolute Gasteiger partial charge is 0.456 e. The fourth-order valence-electron chi connectivity index (χ4n) is 6.77. The number of carbonyl (C=O) groups is 3. The lowest BCUT2D eigenvalue weighted by molar-refractivity contribution is -0.143. The Morgan fingerprint density at radius 1 is 0.787 bits per heavy atom. The molecule has 16 heteroatoms. The van der Waals surface area contributed by atoms with Gasteiger partial charge in [-0.2, -0.15) is 5.26 Å². The molecule has 0 saturated carbocycles. The third-order valence-corrected chi connectivity index (χ3v) is 13.4. The second kappa shape index (κ2) is 19.5. The van der Waals surface area contributed by atoms with E-state index in [1.54, 1.807) is 65.8 Å². The molecule has 330 valence electrons. The summed E-state index contributed by atoms with van der Waals surface area (Å²) in [5, 5.41) is 8.92. The number of unbranched alkanes of at least 4 members (excludes halogenated alkanes) is 3. The van der Waals surface area contributed by atoms with Gasteiger partial charge in [0.1, 0.15) is 23.0 Å². The van der Waals surface area contributed by atoms with Crippen LogP contribution in [0.15, 0.2) is 54.6 Å². The van der Waals surface area contributed by atoms with Gasteiger partial charge in [0.05, 0.1) is 54.0 Å². The van der Waals surface area contributed by atoms with E-state index >= 15 is 0 Å². The highest BCUT2D eigenvalue weighted by atomic mass is 31.2. The van der Waals surface area contributed by atoms with Crippen molar-refractivity contribution in [2.75, 3.05) is 19.8 Å². The molecular formula is C45H58N2O12P2. The molecule has 2 aliphatic heterocycles. The number of carbonyl (C=O) groups excluding carboxylic acids is 3. The first-order valence-corrected chi connectivity index (χ1v) is 23.3. The first-order chi connectivity index (χ1) is 28.6. The van der Waals surface area contributed by atoms with Crippen molar-refractivity contribution in [1.82, 2.24) is 4.67 Å². The summed E-state index contributed by atoms with van der Waals surface area (Å²) < 4.78 is 57.7. The van der Waals surface area contributed by atoms with E-state index in [9.17, 15) is 23.8 Å². The van der Waals surface area contributed by atoms with Gasteiger partial charge in [-0.1, -0.05) is 12.8 Å². The highest BCUT2D eigenvalue weighted by Crippen LogP contribution is 2.58. The molecule has 2 aliphatic rings. The molecule has 3 aromatic carbocycles. The molecule has 0 aromatic heterocycles. The Balaban J connectivity index is 1.35. The maximum absolute atomic E-state index is 13.8. The van der Waals surface area contributed by atoms with Gasteiger partial charge in [-0.3, -0.25) is 14.2 Å². The van der Waals surface area contributed by atoms with Crippen molar-refractivity contribution in [1.29, 1.82) is 5.26 Å². The van der Waals surface area contributed by atoms with E-state index in [0.29, 0.717) is 30.8 Å². The number of rotatable bonds is 18. The van der Waals surface area contributed by atoms with Crippen LogP contribution in [0, 0.1) is 22.2 Å². The number of hydrogen-bond acceptors (Lipinski definition) is 13. The van der Waals surface area contributed by atoms with Gasteiger partial charge in [0.25, 0.3) is 8.53 Å². The van der Waals surface area contributed by atoms with Crippen molar-refractivity contribution in [3.05, 3.63) is 76.9 Å².